The van der Waals surface area contributed by atoms with Crippen molar-refractivity contribution in [3.8, 4) is 0 Å². The third kappa shape index (κ3) is 5.98. The molecule has 0 amide bonds. The highest BCUT2D eigenvalue weighted by Gasteiger charge is 2.37. The van der Waals surface area contributed by atoms with Crippen LogP contribution in [0.25, 0.3) is 10.8 Å². The lowest BCUT2D eigenvalue weighted by atomic mass is 9.97. The summed E-state index contributed by atoms with van der Waals surface area (Å²) in [6, 6.07) is 10.1. The van der Waals surface area contributed by atoms with Gasteiger partial charge in [0.05, 0.1) is 13.2 Å². The molecule has 2 nitrogen and oxygen atoms in total. The van der Waals surface area contributed by atoms with E-state index in [2.05, 4.69) is 6.92 Å². The SMILES string of the molecule is CCC1COC(CCc2ccc3c(F)c(CCc4cc(F)c(C(F)(F)F)c(F)c4)ccc3c2)OC1. The van der Waals surface area contributed by atoms with E-state index in [0.717, 1.165) is 12.0 Å². The van der Waals surface area contributed by atoms with E-state index in [1.54, 1.807) is 18.2 Å². The first-order chi connectivity index (χ1) is 16.7. The summed E-state index contributed by atoms with van der Waals surface area (Å²) in [5, 5.41) is 1.12. The average Bonchev–Trinajstić information content (AvgIpc) is 2.81. The van der Waals surface area contributed by atoms with Gasteiger partial charge in [-0.15, -0.1) is 0 Å². The van der Waals surface area contributed by atoms with Crippen LogP contribution in [0.3, 0.4) is 0 Å². The molecule has 3 aromatic rings. The summed E-state index contributed by atoms with van der Waals surface area (Å²) < 4.78 is 92.5. The Kier molecular flexibility index (Phi) is 7.71. The lowest BCUT2D eigenvalue weighted by Gasteiger charge is -2.28. The molecule has 3 aromatic carbocycles. The van der Waals surface area contributed by atoms with E-state index in [9.17, 15) is 22.0 Å². The molecule has 0 aliphatic carbocycles. The topological polar surface area (TPSA) is 18.5 Å². The van der Waals surface area contributed by atoms with Crippen molar-refractivity contribution < 1.29 is 35.8 Å². The first kappa shape index (κ1) is 25.5. The van der Waals surface area contributed by atoms with E-state index in [-0.39, 0.29) is 24.7 Å². The Balaban J connectivity index is 1.42. The predicted octanol–water partition coefficient (Wildman–Crippen LogP) is 7.39. The fourth-order valence-electron chi connectivity index (χ4n) is 4.32. The molecule has 188 valence electrons. The van der Waals surface area contributed by atoms with E-state index in [0.29, 0.717) is 60.4 Å². The van der Waals surface area contributed by atoms with Gasteiger partial charge in [0.25, 0.3) is 0 Å². The standard InChI is InChI=1S/C27H26F6O2/c1-2-16-14-34-24(35-15-16)10-5-17-4-9-21-20(11-17)8-7-19(26(21)30)6-3-18-12-22(28)25(23(29)13-18)27(31,32)33/h4,7-9,11-13,16,24H,2-3,5-6,10,14-15H2,1H3. The van der Waals surface area contributed by atoms with Crippen molar-refractivity contribution in [2.24, 2.45) is 5.92 Å². The number of alkyl halides is 3. The Hall–Kier alpha value is -2.58. The Labute approximate surface area is 199 Å². The molecule has 35 heavy (non-hydrogen) atoms. The zero-order chi connectivity index (χ0) is 25.2. The highest BCUT2D eigenvalue weighted by molar-refractivity contribution is 5.84. The Morgan fingerprint density at radius 1 is 0.829 bits per heavy atom. The van der Waals surface area contributed by atoms with Crippen LogP contribution in [0.1, 0.15) is 42.0 Å². The molecular formula is C27H26F6O2. The number of fused-ring (bicyclic) bond motifs is 1. The molecule has 0 spiro atoms. The molecule has 1 fully saturated rings. The van der Waals surface area contributed by atoms with Gasteiger partial charge in [-0.1, -0.05) is 37.3 Å². The molecule has 0 unspecified atom stereocenters. The summed E-state index contributed by atoms with van der Waals surface area (Å²) in [5.74, 6) is -3.37. The van der Waals surface area contributed by atoms with Crippen molar-refractivity contribution in [1.29, 1.82) is 0 Å². The Bertz CT molecular complexity index is 1160. The predicted molar refractivity (Wildman–Crippen MR) is 120 cm³/mol. The van der Waals surface area contributed by atoms with Crippen LogP contribution in [0.2, 0.25) is 0 Å². The highest BCUT2D eigenvalue weighted by atomic mass is 19.4. The monoisotopic (exact) mass is 496 g/mol. The quantitative estimate of drug-likeness (QED) is 0.318. The molecule has 0 N–H and O–H groups in total. The summed E-state index contributed by atoms with van der Waals surface area (Å²) in [7, 11) is 0. The first-order valence-electron chi connectivity index (χ1n) is 11.6. The van der Waals surface area contributed by atoms with Gasteiger partial charge in [0.1, 0.15) is 23.0 Å². The van der Waals surface area contributed by atoms with Crippen molar-refractivity contribution in [3.05, 3.63) is 82.2 Å². The van der Waals surface area contributed by atoms with Gasteiger partial charge in [-0.2, -0.15) is 13.2 Å². The van der Waals surface area contributed by atoms with Crippen LogP contribution in [0.15, 0.2) is 42.5 Å². The van der Waals surface area contributed by atoms with Crippen molar-refractivity contribution >= 4 is 10.8 Å². The van der Waals surface area contributed by atoms with Gasteiger partial charge < -0.3 is 9.47 Å². The number of ether oxygens (including phenoxy) is 2. The third-order valence-corrected chi connectivity index (χ3v) is 6.45. The number of hydrogen-bond donors (Lipinski definition) is 0. The van der Waals surface area contributed by atoms with Gasteiger partial charge in [0.2, 0.25) is 0 Å². The van der Waals surface area contributed by atoms with Gasteiger partial charge in [-0.25, -0.2) is 13.2 Å². The molecule has 1 aliphatic heterocycles. The summed E-state index contributed by atoms with van der Waals surface area (Å²) >= 11 is 0. The molecule has 1 aliphatic rings. The molecule has 1 saturated heterocycles. The van der Waals surface area contributed by atoms with Gasteiger partial charge in [0, 0.05) is 17.7 Å². The molecule has 0 saturated carbocycles. The normalized spacial score (nSPS) is 18.8. The molecular weight excluding hydrogens is 470 g/mol. The summed E-state index contributed by atoms with van der Waals surface area (Å²) in [6.45, 7) is 3.49. The van der Waals surface area contributed by atoms with E-state index < -0.39 is 29.2 Å². The van der Waals surface area contributed by atoms with Crippen LogP contribution in [0.5, 0.6) is 0 Å². The van der Waals surface area contributed by atoms with Crippen molar-refractivity contribution in [2.75, 3.05) is 13.2 Å². The molecule has 0 atom stereocenters. The van der Waals surface area contributed by atoms with Crippen LogP contribution in [0, 0.1) is 23.4 Å². The smallest absolute Gasteiger partial charge is 0.352 e. The number of benzene rings is 3. The molecule has 1 heterocycles. The van der Waals surface area contributed by atoms with Crippen molar-refractivity contribution in [1.82, 2.24) is 0 Å². The zero-order valence-corrected chi connectivity index (χ0v) is 19.2. The van der Waals surface area contributed by atoms with Crippen LogP contribution < -0.4 is 0 Å². The minimum Gasteiger partial charge on any atom is -0.352 e. The summed E-state index contributed by atoms with van der Waals surface area (Å²) in [4.78, 5) is 0. The van der Waals surface area contributed by atoms with Gasteiger partial charge in [-0.05, 0) is 59.9 Å². The minimum absolute atomic E-state index is 0.00718. The fourth-order valence-corrected chi connectivity index (χ4v) is 4.32. The Morgan fingerprint density at radius 3 is 2.14 bits per heavy atom. The average molecular weight is 496 g/mol. The molecule has 4 rings (SSSR count). The molecule has 0 bridgehead atoms. The second kappa shape index (κ2) is 10.6. The maximum Gasteiger partial charge on any atom is 0.422 e. The van der Waals surface area contributed by atoms with Gasteiger partial charge in [0.15, 0.2) is 6.29 Å². The highest BCUT2D eigenvalue weighted by Crippen LogP contribution is 2.34. The van der Waals surface area contributed by atoms with E-state index >= 15 is 4.39 Å². The second-order valence-electron chi connectivity index (χ2n) is 8.94. The largest absolute Gasteiger partial charge is 0.422 e. The maximum atomic E-state index is 15.1. The van der Waals surface area contributed by atoms with E-state index in [1.807, 2.05) is 12.1 Å². The number of rotatable bonds is 7. The molecule has 0 aromatic heterocycles. The van der Waals surface area contributed by atoms with E-state index in [4.69, 9.17) is 9.47 Å². The van der Waals surface area contributed by atoms with Crippen LogP contribution >= 0.6 is 0 Å². The molecule has 8 heteroatoms. The van der Waals surface area contributed by atoms with Crippen molar-refractivity contribution in [3.63, 3.8) is 0 Å². The third-order valence-electron chi connectivity index (χ3n) is 6.45. The Morgan fingerprint density at radius 2 is 1.51 bits per heavy atom. The summed E-state index contributed by atoms with van der Waals surface area (Å²) in [5.41, 5.74) is -0.549. The van der Waals surface area contributed by atoms with Gasteiger partial charge >= 0.3 is 6.18 Å². The minimum atomic E-state index is -5.12. The fraction of sp³-hybridized carbons (Fsp3) is 0.407. The first-order valence-corrected chi connectivity index (χ1v) is 11.6. The van der Waals surface area contributed by atoms with Gasteiger partial charge in [-0.3, -0.25) is 0 Å². The van der Waals surface area contributed by atoms with Crippen molar-refractivity contribution in [2.45, 2.75) is 51.5 Å². The number of hydrogen-bond acceptors (Lipinski definition) is 2. The molecule has 0 radical (unpaired) electrons. The lowest BCUT2D eigenvalue weighted by molar-refractivity contribution is -0.202. The van der Waals surface area contributed by atoms with Crippen LogP contribution in [-0.4, -0.2) is 19.5 Å². The van der Waals surface area contributed by atoms with Crippen LogP contribution in [-0.2, 0) is 34.9 Å². The maximum absolute atomic E-state index is 15.1. The second-order valence-corrected chi connectivity index (χ2v) is 8.94. The zero-order valence-electron chi connectivity index (χ0n) is 19.2. The van der Waals surface area contributed by atoms with Crippen LogP contribution in [0.4, 0.5) is 26.3 Å². The number of aryl methyl sites for hydroxylation is 3. The summed E-state index contributed by atoms with van der Waals surface area (Å²) in [6.07, 6.45) is -2.86. The number of halogens is 6. The lowest BCUT2D eigenvalue weighted by Crippen LogP contribution is -2.32. The van der Waals surface area contributed by atoms with E-state index in [1.165, 1.54) is 0 Å².